The maximum atomic E-state index is 12.0. The molecule has 0 atom stereocenters. The minimum atomic E-state index is -3.57. The maximum Gasteiger partial charge on any atom is 0.257 e. The number of hydrogen-bond acceptors (Lipinski definition) is 6. The van der Waals surface area contributed by atoms with Crippen molar-refractivity contribution in [3.05, 3.63) is 11.8 Å². The molecule has 0 aliphatic carbocycles. The number of aromatic nitrogens is 2. The Morgan fingerprint density at radius 2 is 2.21 bits per heavy atom. The highest BCUT2D eigenvalue weighted by molar-refractivity contribution is 7.89. The van der Waals surface area contributed by atoms with Crippen LogP contribution in [0.25, 0.3) is 0 Å². The SMILES string of the molecule is NCc1cn[nH]c1S(=O)(=O)NCCN1CCOCC1. The van der Waals surface area contributed by atoms with E-state index in [4.69, 9.17) is 10.5 Å². The van der Waals surface area contributed by atoms with E-state index >= 15 is 0 Å². The molecule has 0 amide bonds. The number of aromatic amines is 1. The summed E-state index contributed by atoms with van der Waals surface area (Å²) in [5.41, 5.74) is 5.95. The zero-order valence-electron chi connectivity index (χ0n) is 10.6. The third-order valence-electron chi connectivity index (χ3n) is 2.99. The maximum absolute atomic E-state index is 12.0. The van der Waals surface area contributed by atoms with Gasteiger partial charge in [-0.2, -0.15) is 5.10 Å². The lowest BCUT2D eigenvalue weighted by Gasteiger charge is -2.26. The molecule has 9 heteroatoms. The van der Waals surface area contributed by atoms with Crippen molar-refractivity contribution in [2.24, 2.45) is 5.73 Å². The molecule has 1 fully saturated rings. The first-order valence-electron chi connectivity index (χ1n) is 6.15. The van der Waals surface area contributed by atoms with E-state index in [1.165, 1.54) is 6.20 Å². The lowest BCUT2D eigenvalue weighted by Crippen LogP contribution is -2.41. The van der Waals surface area contributed by atoms with Crippen LogP contribution in [-0.2, 0) is 21.3 Å². The third kappa shape index (κ3) is 3.74. The predicted molar refractivity (Wildman–Crippen MR) is 68.9 cm³/mol. The summed E-state index contributed by atoms with van der Waals surface area (Å²) in [5, 5.41) is 6.23. The van der Waals surface area contributed by atoms with E-state index in [0.717, 1.165) is 13.1 Å². The lowest BCUT2D eigenvalue weighted by molar-refractivity contribution is 0.0390. The van der Waals surface area contributed by atoms with Crippen LogP contribution in [0.5, 0.6) is 0 Å². The first kappa shape index (κ1) is 14.4. The Hall–Kier alpha value is -1.00. The van der Waals surface area contributed by atoms with Crippen molar-refractivity contribution in [1.29, 1.82) is 0 Å². The molecule has 0 aromatic carbocycles. The normalized spacial score (nSPS) is 17.7. The molecule has 1 aliphatic heterocycles. The van der Waals surface area contributed by atoms with E-state index in [2.05, 4.69) is 19.8 Å². The van der Waals surface area contributed by atoms with Gasteiger partial charge in [-0.15, -0.1) is 0 Å². The summed E-state index contributed by atoms with van der Waals surface area (Å²) in [6.07, 6.45) is 1.43. The van der Waals surface area contributed by atoms with Crippen LogP contribution in [-0.4, -0.2) is 62.9 Å². The Kier molecular flexibility index (Phi) is 4.88. The first-order chi connectivity index (χ1) is 9.13. The number of rotatable bonds is 6. The Balaban J connectivity index is 1.87. The van der Waals surface area contributed by atoms with Crippen molar-refractivity contribution >= 4 is 10.0 Å². The topological polar surface area (TPSA) is 113 Å². The van der Waals surface area contributed by atoms with Gasteiger partial charge in [-0.1, -0.05) is 0 Å². The molecule has 1 aromatic heterocycles. The molecule has 1 aromatic rings. The molecule has 1 saturated heterocycles. The zero-order valence-corrected chi connectivity index (χ0v) is 11.4. The molecule has 0 bridgehead atoms. The van der Waals surface area contributed by atoms with Crippen molar-refractivity contribution in [1.82, 2.24) is 19.8 Å². The number of nitrogens with two attached hydrogens (primary N) is 1. The second-order valence-corrected chi connectivity index (χ2v) is 5.98. The van der Waals surface area contributed by atoms with E-state index in [1.807, 2.05) is 0 Å². The summed E-state index contributed by atoms with van der Waals surface area (Å²) < 4.78 is 31.8. The van der Waals surface area contributed by atoms with Crippen molar-refractivity contribution in [2.45, 2.75) is 11.6 Å². The molecule has 0 unspecified atom stereocenters. The van der Waals surface area contributed by atoms with Crippen LogP contribution in [0.4, 0.5) is 0 Å². The van der Waals surface area contributed by atoms with Gasteiger partial charge in [0.05, 0.1) is 19.4 Å². The highest BCUT2D eigenvalue weighted by atomic mass is 32.2. The van der Waals surface area contributed by atoms with Crippen molar-refractivity contribution in [3.8, 4) is 0 Å². The highest BCUT2D eigenvalue weighted by Crippen LogP contribution is 2.10. The van der Waals surface area contributed by atoms with Crippen LogP contribution in [0.1, 0.15) is 5.56 Å². The van der Waals surface area contributed by atoms with E-state index in [1.54, 1.807) is 0 Å². The number of morpholine rings is 1. The van der Waals surface area contributed by atoms with Gasteiger partial charge in [0, 0.05) is 38.3 Å². The van der Waals surface area contributed by atoms with Crippen molar-refractivity contribution in [2.75, 3.05) is 39.4 Å². The summed E-state index contributed by atoms with van der Waals surface area (Å²) >= 11 is 0. The van der Waals surface area contributed by atoms with Crippen LogP contribution in [0, 0.1) is 0 Å². The lowest BCUT2D eigenvalue weighted by atomic mass is 10.4. The number of ether oxygens (including phenoxy) is 1. The summed E-state index contributed by atoms with van der Waals surface area (Å²) in [5.74, 6) is 0. The number of hydrogen-bond donors (Lipinski definition) is 3. The molecule has 8 nitrogen and oxygen atoms in total. The second kappa shape index (κ2) is 6.44. The highest BCUT2D eigenvalue weighted by Gasteiger charge is 2.20. The fourth-order valence-electron chi connectivity index (χ4n) is 1.91. The molecule has 2 heterocycles. The monoisotopic (exact) mass is 289 g/mol. The molecule has 1 aliphatic rings. The number of H-pyrrole nitrogens is 1. The summed E-state index contributed by atoms with van der Waals surface area (Å²) in [4.78, 5) is 2.16. The summed E-state index contributed by atoms with van der Waals surface area (Å²) in [6.45, 7) is 4.21. The molecule has 19 heavy (non-hydrogen) atoms. The number of nitrogens with zero attached hydrogens (tertiary/aromatic N) is 2. The largest absolute Gasteiger partial charge is 0.379 e. The Labute approximate surface area is 112 Å². The fourth-order valence-corrected chi connectivity index (χ4v) is 3.07. The molecule has 4 N–H and O–H groups in total. The van der Waals surface area contributed by atoms with E-state index in [-0.39, 0.29) is 11.6 Å². The van der Waals surface area contributed by atoms with Crippen molar-refractivity contribution in [3.63, 3.8) is 0 Å². The van der Waals surface area contributed by atoms with Gasteiger partial charge in [0.1, 0.15) is 0 Å². The third-order valence-corrected chi connectivity index (χ3v) is 4.47. The van der Waals surface area contributed by atoms with E-state index in [9.17, 15) is 8.42 Å². The Morgan fingerprint density at radius 3 is 2.89 bits per heavy atom. The molecule has 0 radical (unpaired) electrons. The molecule has 108 valence electrons. The van der Waals surface area contributed by atoms with Crippen LogP contribution < -0.4 is 10.5 Å². The summed E-state index contributed by atoms with van der Waals surface area (Å²) in [6, 6.07) is 0. The standard InChI is InChI=1S/C10H19N5O3S/c11-7-9-8-12-14-10(9)19(16,17)13-1-2-15-3-5-18-6-4-15/h8,13H,1-7,11H2,(H,12,14). The van der Waals surface area contributed by atoms with Crippen LogP contribution in [0.3, 0.4) is 0 Å². The minimum absolute atomic E-state index is 0.0528. The van der Waals surface area contributed by atoms with Gasteiger partial charge in [-0.25, -0.2) is 13.1 Å². The van der Waals surface area contributed by atoms with Gasteiger partial charge >= 0.3 is 0 Å². The summed E-state index contributed by atoms with van der Waals surface area (Å²) in [7, 11) is -3.57. The minimum Gasteiger partial charge on any atom is -0.379 e. The Bertz CT molecular complexity index is 495. The zero-order chi connectivity index (χ0) is 13.7. The first-order valence-corrected chi connectivity index (χ1v) is 7.64. The molecule has 0 spiro atoms. The van der Waals surface area contributed by atoms with Gasteiger partial charge < -0.3 is 10.5 Å². The molecular weight excluding hydrogens is 270 g/mol. The average Bonchev–Trinajstić information content (AvgIpc) is 2.89. The van der Waals surface area contributed by atoms with Gasteiger partial charge in [0.15, 0.2) is 5.03 Å². The Morgan fingerprint density at radius 1 is 1.47 bits per heavy atom. The second-order valence-electron chi connectivity index (χ2n) is 4.28. The number of sulfonamides is 1. The quantitative estimate of drug-likeness (QED) is 0.586. The van der Waals surface area contributed by atoms with Gasteiger partial charge in [0.2, 0.25) is 0 Å². The number of nitrogens with one attached hydrogen (secondary N) is 2. The van der Waals surface area contributed by atoms with Crippen LogP contribution in [0.2, 0.25) is 0 Å². The molecule has 0 saturated carbocycles. The average molecular weight is 289 g/mol. The predicted octanol–water partition coefficient (Wildman–Crippen LogP) is -1.52. The van der Waals surface area contributed by atoms with E-state index < -0.39 is 10.0 Å². The smallest absolute Gasteiger partial charge is 0.257 e. The van der Waals surface area contributed by atoms with E-state index in [0.29, 0.717) is 31.9 Å². The van der Waals surface area contributed by atoms with Gasteiger partial charge in [-0.3, -0.25) is 10.00 Å². The van der Waals surface area contributed by atoms with Crippen LogP contribution >= 0.6 is 0 Å². The fraction of sp³-hybridized carbons (Fsp3) is 0.700. The van der Waals surface area contributed by atoms with Crippen LogP contribution in [0.15, 0.2) is 11.2 Å². The molecule has 2 rings (SSSR count). The van der Waals surface area contributed by atoms with Gasteiger partial charge in [0.25, 0.3) is 10.0 Å². The molecular formula is C10H19N5O3S. The van der Waals surface area contributed by atoms with Gasteiger partial charge in [-0.05, 0) is 0 Å². The van der Waals surface area contributed by atoms with Crippen molar-refractivity contribution < 1.29 is 13.2 Å².